The Morgan fingerprint density at radius 1 is 1.25 bits per heavy atom. The molecule has 1 aromatic carbocycles. The number of aromatic nitrogens is 1. The smallest absolute Gasteiger partial charge is 0.124 e. The lowest BCUT2D eigenvalue weighted by Gasteiger charge is -2.22. The van der Waals surface area contributed by atoms with E-state index in [-0.39, 0.29) is 0 Å². The van der Waals surface area contributed by atoms with Gasteiger partial charge in [-0.25, -0.2) is 4.98 Å². The van der Waals surface area contributed by atoms with Crippen molar-refractivity contribution in [2.75, 3.05) is 0 Å². The van der Waals surface area contributed by atoms with E-state index in [9.17, 15) is 5.11 Å². The average molecular weight is 363 g/mol. The maximum atomic E-state index is 10.5. The fraction of sp³-hybridized carbons (Fsp3) is 0.182. The molecule has 0 saturated heterocycles. The molecule has 2 aromatic rings. The zero-order valence-electron chi connectivity index (χ0n) is 8.45. The lowest BCUT2D eigenvalue weighted by Crippen LogP contribution is -2.21. The van der Waals surface area contributed by atoms with E-state index in [1.54, 1.807) is 12.4 Å². The molecule has 1 aromatic heterocycles. The number of hydrogen-bond acceptors (Lipinski definition) is 3. The van der Waals surface area contributed by atoms with E-state index < -0.39 is 5.60 Å². The first kappa shape index (κ1) is 12.2. The van der Waals surface area contributed by atoms with E-state index >= 15 is 0 Å². The molecule has 0 aliphatic rings. The van der Waals surface area contributed by atoms with Gasteiger partial charge in [0.25, 0.3) is 0 Å². The third-order valence-electron chi connectivity index (χ3n) is 2.37. The molecule has 1 heterocycles. The zero-order valence-corrected chi connectivity index (χ0v) is 12.4. The lowest BCUT2D eigenvalue weighted by atomic mass is 9.95. The summed E-state index contributed by atoms with van der Waals surface area (Å²) in [5.74, 6) is 0. The number of benzene rings is 1. The minimum Gasteiger partial charge on any atom is -0.380 e. The largest absolute Gasteiger partial charge is 0.380 e. The highest BCUT2D eigenvalue weighted by molar-refractivity contribution is 9.10. The Hall–Kier alpha value is -0.230. The minimum absolute atomic E-state index is 0.699. The van der Waals surface area contributed by atoms with Crippen LogP contribution in [0.3, 0.4) is 0 Å². The second-order valence-corrected chi connectivity index (χ2v) is 6.07. The first-order chi connectivity index (χ1) is 7.51. The first-order valence-corrected chi connectivity index (χ1v) is 7.06. The maximum absolute atomic E-state index is 10.5. The van der Waals surface area contributed by atoms with Gasteiger partial charge in [0.05, 0.1) is 10.4 Å². The van der Waals surface area contributed by atoms with Crippen LogP contribution in [0.4, 0.5) is 0 Å². The summed E-state index contributed by atoms with van der Waals surface area (Å²) < 4.78 is 1.70. The van der Waals surface area contributed by atoms with Gasteiger partial charge in [0, 0.05) is 4.47 Å². The Morgan fingerprint density at radius 2 is 1.88 bits per heavy atom. The monoisotopic (exact) mass is 361 g/mol. The molecule has 2 rings (SSSR count). The van der Waals surface area contributed by atoms with Crippen LogP contribution in [0.5, 0.6) is 0 Å². The summed E-state index contributed by atoms with van der Waals surface area (Å²) in [5, 5.41) is 10.5. The molecule has 5 heteroatoms. The Kier molecular flexibility index (Phi) is 3.49. The van der Waals surface area contributed by atoms with E-state index in [4.69, 9.17) is 0 Å². The molecule has 16 heavy (non-hydrogen) atoms. The highest BCUT2D eigenvalue weighted by Crippen LogP contribution is 2.36. The maximum Gasteiger partial charge on any atom is 0.124 e. The van der Waals surface area contributed by atoms with Crippen molar-refractivity contribution >= 4 is 43.2 Å². The summed E-state index contributed by atoms with van der Waals surface area (Å²) in [7, 11) is 0. The van der Waals surface area contributed by atoms with Crippen LogP contribution in [-0.4, -0.2) is 10.1 Å². The SMILES string of the molecule is CC(O)(c1ccc(Br)cc1)c1scnc1Br. The predicted molar refractivity (Wildman–Crippen MR) is 72.6 cm³/mol. The number of rotatable bonds is 2. The molecule has 2 nitrogen and oxygen atoms in total. The number of nitrogens with zero attached hydrogens (tertiary/aromatic N) is 1. The van der Waals surface area contributed by atoms with Gasteiger partial charge in [-0.3, -0.25) is 0 Å². The van der Waals surface area contributed by atoms with E-state index in [1.807, 2.05) is 24.3 Å². The van der Waals surface area contributed by atoms with Gasteiger partial charge in [0.2, 0.25) is 0 Å². The van der Waals surface area contributed by atoms with Crippen LogP contribution in [0.1, 0.15) is 17.4 Å². The van der Waals surface area contributed by atoms with Crippen LogP contribution in [0.2, 0.25) is 0 Å². The second kappa shape index (κ2) is 4.56. The van der Waals surface area contributed by atoms with Crippen molar-refractivity contribution in [1.82, 2.24) is 4.98 Å². The molecule has 0 saturated carbocycles. The van der Waals surface area contributed by atoms with E-state index in [1.165, 1.54) is 11.3 Å². The molecule has 0 amide bonds. The Labute approximate surface area is 115 Å². The predicted octanol–water partition coefficient (Wildman–Crippen LogP) is 3.92. The summed E-state index contributed by atoms with van der Waals surface area (Å²) in [6, 6.07) is 7.63. The van der Waals surface area contributed by atoms with Crippen LogP contribution in [-0.2, 0) is 5.60 Å². The highest BCUT2D eigenvalue weighted by atomic mass is 79.9. The quantitative estimate of drug-likeness (QED) is 0.878. The second-order valence-electron chi connectivity index (χ2n) is 3.55. The topological polar surface area (TPSA) is 33.1 Å². The van der Waals surface area contributed by atoms with Gasteiger partial charge in [0.15, 0.2) is 0 Å². The molecule has 0 bridgehead atoms. The molecule has 0 aliphatic heterocycles. The summed E-state index contributed by atoms with van der Waals surface area (Å²) in [4.78, 5) is 4.91. The summed E-state index contributed by atoms with van der Waals surface area (Å²) in [5.41, 5.74) is 1.55. The van der Waals surface area contributed by atoms with Crippen molar-refractivity contribution in [2.45, 2.75) is 12.5 Å². The van der Waals surface area contributed by atoms with E-state index in [2.05, 4.69) is 36.8 Å². The molecule has 1 N–H and O–H groups in total. The van der Waals surface area contributed by atoms with Gasteiger partial charge in [-0.1, -0.05) is 28.1 Å². The molecule has 1 atom stereocenters. The van der Waals surface area contributed by atoms with Crippen molar-refractivity contribution in [3.05, 3.63) is 49.3 Å². The number of aliphatic hydroxyl groups is 1. The zero-order chi connectivity index (χ0) is 11.8. The van der Waals surface area contributed by atoms with Crippen LogP contribution < -0.4 is 0 Å². The van der Waals surface area contributed by atoms with Crippen LogP contribution in [0.15, 0.2) is 38.9 Å². The van der Waals surface area contributed by atoms with Crippen LogP contribution >= 0.6 is 43.2 Å². The van der Waals surface area contributed by atoms with Crippen molar-refractivity contribution in [3.8, 4) is 0 Å². The number of hydrogen-bond donors (Lipinski definition) is 1. The van der Waals surface area contributed by atoms with Crippen molar-refractivity contribution in [1.29, 1.82) is 0 Å². The highest BCUT2D eigenvalue weighted by Gasteiger charge is 2.29. The number of thiazole rings is 1. The van der Waals surface area contributed by atoms with Crippen LogP contribution in [0, 0.1) is 0 Å². The third kappa shape index (κ3) is 2.22. The third-order valence-corrected chi connectivity index (χ3v) is 4.80. The molecular formula is C11H9Br2NOS. The molecular weight excluding hydrogens is 354 g/mol. The molecule has 0 aliphatic carbocycles. The fourth-order valence-electron chi connectivity index (χ4n) is 1.45. The van der Waals surface area contributed by atoms with Gasteiger partial charge in [-0.05, 0) is 40.5 Å². The molecule has 0 fully saturated rings. The van der Waals surface area contributed by atoms with Crippen molar-refractivity contribution in [3.63, 3.8) is 0 Å². The van der Waals surface area contributed by atoms with Crippen molar-refractivity contribution in [2.24, 2.45) is 0 Å². The lowest BCUT2D eigenvalue weighted by molar-refractivity contribution is 0.105. The standard InChI is InChI=1S/C11H9Br2NOS/c1-11(15,9-10(13)14-6-16-9)7-2-4-8(12)5-3-7/h2-6,15H,1H3. The summed E-state index contributed by atoms with van der Waals surface area (Å²) in [6.07, 6.45) is 0. The van der Waals surface area contributed by atoms with Gasteiger partial charge in [-0.2, -0.15) is 0 Å². The van der Waals surface area contributed by atoms with Crippen molar-refractivity contribution < 1.29 is 5.11 Å². The van der Waals surface area contributed by atoms with Gasteiger partial charge in [0.1, 0.15) is 10.2 Å². The Morgan fingerprint density at radius 3 is 2.38 bits per heavy atom. The van der Waals surface area contributed by atoms with Gasteiger partial charge in [-0.15, -0.1) is 11.3 Å². The van der Waals surface area contributed by atoms with E-state index in [0.29, 0.717) is 4.60 Å². The van der Waals surface area contributed by atoms with Gasteiger partial charge >= 0.3 is 0 Å². The molecule has 0 radical (unpaired) electrons. The fourth-order valence-corrected chi connectivity index (χ4v) is 3.38. The molecule has 1 unspecified atom stereocenters. The Balaban J connectivity index is 2.46. The van der Waals surface area contributed by atoms with Gasteiger partial charge < -0.3 is 5.11 Å². The molecule has 0 spiro atoms. The average Bonchev–Trinajstić information content (AvgIpc) is 2.66. The van der Waals surface area contributed by atoms with E-state index in [0.717, 1.165) is 14.9 Å². The first-order valence-electron chi connectivity index (χ1n) is 4.59. The summed E-state index contributed by atoms with van der Waals surface area (Å²) in [6.45, 7) is 1.77. The minimum atomic E-state index is -1.01. The normalized spacial score (nSPS) is 14.8. The Bertz CT molecular complexity index is 493. The summed E-state index contributed by atoms with van der Waals surface area (Å²) >= 11 is 8.15. The molecule has 84 valence electrons. The number of halogens is 2. The van der Waals surface area contributed by atoms with Crippen LogP contribution in [0.25, 0.3) is 0 Å².